The minimum atomic E-state index is 0.0294. The molecule has 0 saturated carbocycles. The number of carbonyl (C=O) groups excluding carboxylic acids is 1. The van der Waals surface area contributed by atoms with Crippen LogP contribution in [0.4, 0.5) is 0 Å². The summed E-state index contributed by atoms with van der Waals surface area (Å²) in [5, 5.41) is 2.57. The number of benzene rings is 1. The van der Waals surface area contributed by atoms with Crippen LogP contribution in [0.2, 0.25) is 0 Å². The molecule has 20 heavy (non-hydrogen) atoms. The lowest BCUT2D eigenvalue weighted by molar-refractivity contribution is 0.101. The van der Waals surface area contributed by atoms with Crippen molar-refractivity contribution < 1.29 is 4.79 Å². The number of carbonyl (C=O) groups is 1. The average Bonchev–Trinajstić information content (AvgIpc) is 2.48. The molecule has 0 bridgehead atoms. The number of para-hydroxylation sites is 1. The summed E-state index contributed by atoms with van der Waals surface area (Å²) in [5.74, 6) is 0.0294. The summed E-state index contributed by atoms with van der Waals surface area (Å²) in [7, 11) is 0. The Morgan fingerprint density at radius 3 is 2.80 bits per heavy atom. The van der Waals surface area contributed by atoms with Crippen LogP contribution in [0.15, 0.2) is 59.0 Å². The Bertz CT molecular complexity index is 783. The van der Waals surface area contributed by atoms with Gasteiger partial charge in [-0.3, -0.25) is 4.79 Å². The number of aromatic nitrogens is 3. The van der Waals surface area contributed by atoms with Gasteiger partial charge in [-0.05, 0) is 36.9 Å². The fourth-order valence-electron chi connectivity index (χ4n) is 1.84. The first-order valence-electron chi connectivity index (χ1n) is 6.08. The summed E-state index contributed by atoms with van der Waals surface area (Å²) in [6, 6.07) is 11.3. The number of nitrogens with zero attached hydrogens (tertiary/aromatic N) is 3. The summed E-state index contributed by atoms with van der Waals surface area (Å²) in [6.07, 6.45) is 3.18. The van der Waals surface area contributed by atoms with Crippen molar-refractivity contribution in [1.82, 2.24) is 15.0 Å². The lowest BCUT2D eigenvalue weighted by atomic mass is 10.2. The van der Waals surface area contributed by atoms with E-state index in [1.807, 2.05) is 24.3 Å². The highest BCUT2D eigenvalue weighted by molar-refractivity contribution is 7.99. The second-order valence-electron chi connectivity index (χ2n) is 4.24. The number of hydrogen-bond donors (Lipinski definition) is 0. The minimum Gasteiger partial charge on any atom is -0.295 e. The van der Waals surface area contributed by atoms with Gasteiger partial charge in [0.25, 0.3) is 0 Å². The van der Waals surface area contributed by atoms with Crippen molar-refractivity contribution in [2.45, 2.75) is 17.0 Å². The average molecular weight is 281 g/mol. The SMILES string of the molecule is CC(=O)c1ccnc(Sc2ncnc3ccccc23)c1. The first-order chi connectivity index (χ1) is 9.74. The van der Waals surface area contributed by atoms with Gasteiger partial charge in [0.15, 0.2) is 5.78 Å². The van der Waals surface area contributed by atoms with E-state index in [0.717, 1.165) is 21.0 Å². The Labute approximate surface area is 120 Å². The largest absolute Gasteiger partial charge is 0.295 e. The van der Waals surface area contributed by atoms with E-state index in [1.54, 1.807) is 31.6 Å². The molecule has 5 heteroatoms. The van der Waals surface area contributed by atoms with E-state index in [9.17, 15) is 4.79 Å². The van der Waals surface area contributed by atoms with Crippen LogP contribution in [-0.2, 0) is 0 Å². The van der Waals surface area contributed by atoms with Crippen molar-refractivity contribution in [1.29, 1.82) is 0 Å². The standard InChI is InChI=1S/C15H11N3OS/c1-10(19)11-6-7-16-14(8-11)20-15-12-4-2-3-5-13(12)17-9-18-15/h2-9H,1H3. The van der Waals surface area contributed by atoms with Gasteiger partial charge in [-0.2, -0.15) is 0 Å². The van der Waals surface area contributed by atoms with Crippen LogP contribution >= 0.6 is 11.8 Å². The molecule has 0 aliphatic carbocycles. The van der Waals surface area contributed by atoms with Gasteiger partial charge in [-0.25, -0.2) is 15.0 Å². The third kappa shape index (κ3) is 2.53. The topological polar surface area (TPSA) is 55.7 Å². The molecule has 0 N–H and O–H groups in total. The predicted octanol–water partition coefficient (Wildman–Crippen LogP) is 3.38. The third-order valence-electron chi connectivity index (χ3n) is 2.85. The second-order valence-corrected chi connectivity index (χ2v) is 5.25. The number of hydrogen-bond acceptors (Lipinski definition) is 5. The molecule has 0 aliphatic heterocycles. The van der Waals surface area contributed by atoms with E-state index in [0.29, 0.717) is 5.56 Å². The van der Waals surface area contributed by atoms with E-state index >= 15 is 0 Å². The highest BCUT2D eigenvalue weighted by Crippen LogP contribution is 2.29. The number of fused-ring (bicyclic) bond motifs is 1. The highest BCUT2D eigenvalue weighted by Gasteiger charge is 2.08. The minimum absolute atomic E-state index is 0.0294. The zero-order valence-electron chi connectivity index (χ0n) is 10.8. The third-order valence-corrected chi connectivity index (χ3v) is 3.80. The maximum absolute atomic E-state index is 11.4. The number of rotatable bonds is 3. The van der Waals surface area contributed by atoms with Crippen molar-refractivity contribution >= 4 is 28.4 Å². The van der Waals surface area contributed by atoms with Crippen molar-refractivity contribution in [2.75, 3.05) is 0 Å². The summed E-state index contributed by atoms with van der Waals surface area (Å²) in [5.41, 5.74) is 1.55. The van der Waals surface area contributed by atoms with Crippen molar-refractivity contribution in [3.05, 3.63) is 54.5 Å². The van der Waals surface area contributed by atoms with Crippen LogP contribution in [0.25, 0.3) is 10.9 Å². The Morgan fingerprint density at radius 1 is 1.10 bits per heavy atom. The van der Waals surface area contributed by atoms with Crippen LogP contribution in [0, 0.1) is 0 Å². The molecule has 2 aromatic heterocycles. The smallest absolute Gasteiger partial charge is 0.159 e. The van der Waals surface area contributed by atoms with Crippen LogP contribution in [0.3, 0.4) is 0 Å². The zero-order chi connectivity index (χ0) is 13.9. The van der Waals surface area contributed by atoms with Gasteiger partial charge in [0.05, 0.1) is 5.52 Å². The lowest BCUT2D eigenvalue weighted by Crippen LogP contribution is -1.93. The molecular weight excluding hydrogens is 270 g/mol. The Balaban J connectivity index is 2.01. The van der Waals surface area contributed by atoms with E-state index < -0.39 is 0 Å². The highest BCUT2D eigenvalue weighted by atomic mass is 32.2. The summed E-state index contributed by atoms with van der Waals surface area (Å²) in [4.78, 5) is 24.2. The Hall–Kier alpha value is -2.27. The number of Topliss-reactive ketones (excluding diaryl/α,β-unsaturated/α-hetero) is 1. The molecule has 0 spiro atoms. The van der Waals surface area contributed by atoms with Crippen molar-refractivity contribution in [3.63, 3.8) is 0 Å². The van der Waals surface area contributed by atoms with E-state index in [1.165, 1.54) is 11.8 Å². The molecule has 0 fully saturated rings. The zero-order valence-corrected chi connectivity index (χ0v) is 11.6. The quantitative estimate of drug-likeness (QED) is 0.544. The van der Waals surface area contributed by atoms with Gasteiger partial charge >= 0.3 is 0 Å². The van der Waals surface area contributed by atoms with Crippen molar-refractivity contribution in [3.8, 4) is 0 Å². The number of ketones is 1. The first kappa shape index (κ1) is 12.7. The van der Waals surface area contributed by atoms with Crippen LogP contribution in [0.5, 0.6) is 0 Å². The normalized spacial score (nSPS) is 10.7. The molecule has 0 radical (unpaired) electrons. The summed E-state index contributed by atoms with van der Waals surface area (Å²) < 4.78 is 0. The van der Waals surface area contributed by atoms with Gasteiger partial charge in [0.1, 0.15) is 16.4 Å². The maximum Gasteiger partial charge on any atom is 0.159 e. The van der Waals surface area contributed by atoms with Gasteiger partial charge in [0, 0.05) is 17.1 Å². The lowest BCUT2D eigenvalue weighted by Gasteiger charge is -2.04. The molecule has 0 unspecified atom stereocenters. The van der Waals surface area contributed by atoms with E-state index in [4.69, 9.17) is 0 Å². The molecule has 0 amide bonds. The van der Waals surface area contributed by atoms with E-state index in [2.05, 4.69) is 15.0 Å². The Kier molecular flexibility index (Phi) is 3.43. The molecule has 1 aromatic carbocycles. The van der Waals surface area contributed by atoms with Crippen LogP contribution < -0.4 is 0 Å². The molecular formula is C15H11N3OS. The van der Waals surface area contributed by atoms with Crippen LogP contribution in [0.1, 0.15) is 17.3 Å². The first-order valence-corrected chi connectivity index (χ1v) is 6.90. The fourth-order valence-corrected chi connectivity index (χ4v) is 2.72. The predicted molar refractivity (Wildman–Crippen MR) is 77.9 cm³/mol. The summed E-state index contributed by atoms with van der Waals surface area (Å²) in [6.45, 7) is 1.55. The molecule has 3 aromatic rings. The Morgan fingerprint density at radius 2 is 1.95 bits per heavy atom. The fraction of sp³-hybridized carbons (Fsp3) is 0.0667. The number of pyridine rings is 1. The molecule has 3 rings (SSSR count). The van der Waals surface area contributed by atoms with Gasteiger partial charge in [0.2, 0.25) is 0 Å². The molecule has 4 nitrogen and oxygen atoms in total. The molecule has 0 aliphatic rings. The van der Waals surface area contributed by atoms with Crippen molar-refractivity contribution in [2.24, 2.45) is 0 Å². The molecule has 98 valence electrons. The molecule has 0 saturated heterocycles. The second kappa shape index (κ2) is 5.38. The van der Waals surface area contributed by atoms with Crippen LogP contribution in [-0.4, -0.2) is 20.7 Å². The van der Waals surface area contributed by atoms with E-state index in [-0.39, 0.29) is 5.78 Å². The molecule has 0 atom stereocenters. The molecule has 2 heterocycles. The summed E-state index contributed by atoms with van der Waals surface area (Å²) >= 11 is 1.43. The van der Waals surface area contributed by atoms with Gasteiger partial charge < -0.3 is 0 Å². The van der Waals surface area contributed by atoms with Gasteiger partial charge in [-0.1, -0.05) is 18.2 Å². The maximum atomic E-state index is 11.4. The monoisotopic (exact) mass is 281 g/mol. The van der Waals surface area contributed by atoms with Gasteiger partial charge in [-0.15, -0.1) is 0 Å².